The lowest BCUT2D eigenvalue weighted by Crippen LogP contribution is -2.35. The van der Waals surface area contributed by atoms with Gasteiger partial charge in [0.1, 0.15) is 0 Å². The molecule has 0 aromatic heterocycles. The van der Waals surface area contributed by atoms with Crippen LogP contribution in [0, 0.1) is 0 Å². The van der Waals surface area contributed by atoms with E-state index in [4.69, 9.17) is 5.11 Å². The summed E-state index contributed by atoms with van der Waals surface area (Å²) in [6, 6.07) is 0. The van der Waals surface area contributed by atoms with Crippen molar-refractivity contribution in [3.05, 3.63) is 0 Å². The van der Waals surface area contributed by atoms with E-state index in [1.807, 2.05) is 0 Å². The predicted octanol–water partition coefficient (Wildman–Crippen LogP) is 3.00. The molecule has 0 amide bonds. The molecule has 0 radical (unpaired) electrons. The summed E-state index contributed by atoms with van der Waals surface area (Å²) in [5, 5.41) is 48.5. The van der Waals surface area contributed by atoms with E-state index in [0.717, 1.165) is 51.4 Å². The van der Waals surface area contributed by atoms with Gasteiger partial charge in [0.25, 0.3) is 0 Å². The van der Waals surface area contributed by atoms with Gasteiger partial charge in [-0.15, -0.1) is 0 Å². The van der Waals surface area contributed by atoms with Crippen LogP contribution in [0.4, 0.5) is 0 Å². The summed E-state index contributed by atoms with van der Waals surface area (Å²) in [5.41, 5.74) is 0. The lowest BCUT2D eigenvalue weighted by Gasteiger charge is -2.23. The van der Waals surface area contributed by atoms with E-state index in [0.29, 0.717) is 19.3 Å². The second-order valence-electron chi connectivity index (χ2n) is 7.41. The molecule has 0 aliphatic rings. The summed E-state index contributed by atoms with van der Waals surface area (Å²) >= 11 is 0. The van der Waals surface area contributed by atoms with E-state index in [2.05, 4.69) is 6.92 Å². The van der Waals surface area contributed by atoms with Gasteiger partial charge in [0.05, 0.1) is 24.4 Å². The van der Waals surface area contributed by atoms with Crippen LogP contribution in [0.3, 0.4) is 0 Å². The number of carboxylic acids is 1. The average molecular weight is 377 g/mol. The highest BCUT2D eigenvalue weighted by Crippen LogP contribution is 2.16. The highest BCUT2D eigenvalue weighted by atomic mass is 16.4. The van der Waals surface area contributed by atoms with Gasteiger partial charge >= 0.3 is 5.97 Å². The summed E-state index contributed by atoms with van der Waals surface area (Å²) in [6.45, 7) is 2.14. The fraction of sp³-hybridized carbons (Fsp3) is 0.950. The third kappa shape index (κ3) is 14.5. The molecule has 0 aliphatic carbocycles. The molecule has 0 aromatic rings. The Labute approximate surface area is 158 Å². The molecular weight excluding hydrogens is 336 g/mol. The molecule has 6 heteroatoms. The Morgan fingerprint density at radius 3 is 1.54 bits per heavy atom. The standard InChI is InChI=1S/C20H40O6/c1-2-3-4-6-9-12-16(21)18(23)15-19(24)17(22)13-10-7-5-8-11-14-20(25)26/h16-19,21-24H,2-15H2,1H3,(H,25,26). The van der Waals surface area contributed by atoms with E-state index in [-0.39, 0.29) is 12.8 Å². The van der Waals surface area contributed by atoms with Gasteiger partial charge in [-0.1, -0.05) is 64.7 Å². The molecule has 0 saturated carbocycles. The molecule has 0 rings (SSSR count). The minimum absolute atomic E-state index is 0.0180. The Morgan fingerprint density at radius 2 is 1.08 bits per heavy atom. The monoisotopic (exact) mass is 376 g/mol. The van der Waals surface area contributed by atoms with Gasteiger partial charge < -0.3 is 25.5 Å². The zero-order valence-electron chi connectivity index (χ0n) is 16.4. The SMILES string of the molecule is CCCCCCCC(O)C(O)CC(O)C(O)CCCCCCCC(=O)O. The first-order valence-corrected chi connectivity index (χ1v) is 10.3. The Hall–Kier alpha value is -0.690. The molecule has 0 heterocycles. The molecule has 156 valence electrons. The van der Waals surface area contributed by atoms with Crippen LogP contribution in [-0.4, -0.2) is 55.9 Å². The molecule has 5 N–H and O–H groups in total. The maximum absolute atomic E-state index is 10.4. The van der Waals surface area contributed by atoms with Crippen LogP contribution in [0.1, 0.15) is 96.8 Å². The highest BCUT2D eigenvalue weighted by Gasteiger charge is 2.24. The molecule has 0 aromatic carbocycles. The quantitative estimate of drug-likeness (QED) is 0.235. The van der Waals surface area contributed by atoms with Crippen molar-refractivity contribution in [3.63, 3.8) is 0 Å². The Balaban J connectivity index is 3.74. The Morgan fingerprint density at radius 1 is 0.654 bits per heavy atom. The third-order valence-electron chi connectivity index (χ3n) is 4.87. The van der Waals surface area contributed by atoms with Gasteiger partial charge in [-0.25, -0.2) is 0 Å². The molecular formula is C20H40O6. The molecule has 0 aliphatic heterocycles. The number of aliphatic hydroxyl groups is 4. The summed E-state index contributed by atoms with van der Waals surface area (Å²) in [7, 11) is 0. The van der Waals surface area contributed by atoms with Gasteiger partial charge in [-0.2, -0.15) is 0 Å². The molecule has 4 atom stereocenters. The number of carboxylic acid groups (broad SMARTS) is 1. The van der Waals surface area contributed by atoms with Crippen molar-refractivity contribution < 1.29 is 30.3 Å². The van der Waals surface area contributed by atoms with Crippen LogP contribution < -0.4 is 0 Å². The van der Waals surface area contributed by atoms with Gasteiger partial charge in [-0.3, -0.25) is 4.79 Å². The van der Waals surface area contributed by atoms with E-state index >= 15 is 0 Å². The average Bonchev–Trinajstić information content (AvgIpc) is 2.59. The van der Waals surface area contributed by atoms with E-state index in [1.54, 1.807) is 0 Å². The molecule has 4 unspecified atom stereocenters. The maximum atomic E-state index is 10.4. The number of carbonyl (C=O) groups is 1. The second-order valence-corrected chi connectivity index (χ2v) is 7.41. The zero-order chi connectivity index (χ0) is 19.8. The largest absolute Gasteiger partial charge is 0.481 e. The van der Waals surface area contributed by atoms with Crippen molar-refractivity contribution in [3.8, 4) is 0 Å². The third-order valence-corrected chi connectivity index (χ3v) is 4.87. The number of aliphatic hydroxyl groups excluding tert-OH is 4. The number of hydrogen-bond acceptors (Lipinski definition) is 5. The fourth-order valence-electron chi connectivity index (χ4n) is 3.06. The van der Waals surface area contributed by atoms with Gasteiger partial charge in [0.2, 0.25) is 0 Å². The normalized spacial score (nSPS) is 16.2. The van der Waals surface area contributed by atoms with Crippen molar-refractivity contribution in [2.45, 2.75) is 121 Å². The lowest BCUT2D eigenvalue weighted by atomic mass is 9.96. The predicted molar refractivity (Wildman–Crippen MR) is 102 cm³/mol. The topological polar surface area (TPSA) is 118 Å². The molecule has 0 bridgehead atoms. The molecule has 26 heavy (non-hydrogen) atoms. The van der Waals surface area contributed by atoms with Crippen molar-refractivity contribution >= 4 is 5.97 Å². The van der Waals surface area contributed by atoms with Crippen LogP contribution in [0.2, 0.25) is 0 Å². The molecule has 0 spiro atoms. The van der Waals surface area contributed by atoms with Crippen molar-refractivity contribution in [1.29, 1.82) is 0 Å². The van der Waals surface area contributed by atoms with Crippen molar-refractivity contribution in [1.82, 2.24) is 0 Å². The number of rotatable bonds is 18. The van der Waals surface area contributed by atoms with Crippen molar-refractivity contribution in [2.24, 2.45) is 0 Å². The molecule has 0 fully saturated rings. The number of aliphatic carboxylic acids is 1. The van der Waals surface area contributed by atoms with E-state index < -0.39 is 30.4 Å². The summed E-state index contributed by atoms with van der Waals surface area (Å²) in [4.78, 5) is 10.4. The minimum Gasteiger partial charge on any atom is -0.481 e. The van der Waals surface area contributed by atoms with Crippen molar-refractivity contribution in [2.75, 3.05) is 0 Å². The Kier molecular flexibility index (Phi) is 16.0. The lowest BCUT2D eigenvalue weighted by molar-refractivity contribution is -0.137. The highest BCUT2D eigenvalue weighted by molar-refractivity contribution is 5.66. The van der Waals surface area contributed by atoms with Gasteiger partial charge in [-0.05, 0) is 19.3 Å². The zero-order valence-corrected chi connectivity index (χ0v) is 16.4. The maximum Gasteiger partial charge on any atom is 0.303 e. The van der Waals surface area contributed by atoms with Crippen LogP contribution >= 0.6 is 0 Å². The number of unbranched alkanes of at least 4 members (excludes halogenated alkanes) is 8. The van der Waals surface area contributed by atoms with Crippen LogP contribution in [-0.2, 0) is 4.79 Å². The van der Waals surface area contributed by atoms with E-state index in [1.165, 1.54) is 6.42 Å². The summed E-state index contributed by atoms with van der Waals surface area (Å²) in [5.74, 6) is -0.773. The first kappa shape index (κ1) is 25.3. The first-order chi connectivity index (χ1) is 12.4. The van der Waals surface area contributed by atoms with Gasteiger partial charge in [0, 0.05) is 12.8 Å². The Bertz CT molecular complexity index is 336. The van der Waals surface area contributed by atoms with Crippen LogP contribution in [0.25, 0.3) is 0 Å². The smallest absolute Gasteiger partial charge is 0.303 e. The second kappa shape index (κ2) is 16.5. The summed E-state index contributed by atoms with van der Waals surface area (Å²) < 4.78 is 0. The number of hydrogen-bond donors (Lipinski definition) is 5. The van der Waals surface area contributed by atoms with Gasteiger partial charge in [0.15, 0.2) is 0 Å². The molecule has 6 nitrogen and oxygen atoms in total. The first-order valence-electron chi connectivity index (χ1n) is 10.3. The fourth-order valence-corrected chi connectivity index (χ4v) is 3.06. The minimum atomic E-state index is -1.04. The van der Waals surface area contributed by atoms with Crippen LogP contribution in [0.15, 0.2) is 0 Å². The van der Waals surface area contributed by atoms with Crippen LogP contribution in [0.5, 0.6) is 0 Å². The molecule has 0 saturated heterocycles. The summed E-state index contributed by atoms with van der Waals surface area (Å²) in [6.07, 6.45) is 6.79. The van der Waals surface area contributed by atoms with E-state index in [9.17, 15) is 25.2 Å².